The van der Waals surface area contributed by atoms with Crippen LogP contribution in [-0.4, -0.2) is 0 Å². The van der Waals surface area contributed by atoms with Crippen LogP contribution in [0.5, 0.6) is 0 Å². The van der Waals surface area contributed by atoms with Crippen molar-refractivity contribution in [1.82, 2.24) is 0 Å². The van der Waals surface area contributed by atoms with E-state index in [4.69, 9.17) is 0 Å². The Morgan fingerprint density at radius 3 is 2.91 bits per heavy atom. The van der Waals surface area contributed by atoms with Gasteiger partial charge in [-0.3, -0.25) is 0 Å². The fourth-order valence-electron chi connectivity index (χ4n) is 1.49. The van der Waals surface area contributed by atoms with Crippen LogP contribution in [0, 0.1) is 6.92 Å². The molecular formula is C10H9Br. The zero-order chi connectivity index (χ0) is 7.84. The van der Waals surface area contributed by atoms with Gasteiger partial charge < -0.3 is 0 Å². The fraction of sp³-hybridized carbons (Fsp3) is 0.200. The molecule has 0 bridgehead atoms. The Labute approximate surface area is 75.1 Å². The minimum atomic E-state index is 1.10. The number of benzene rings is 1. The number of hydrogen-bond donors (Lipinski definition) is 0. The second-order valence-corrected chi connectivity index (χ2v) is 3.72. The zero-order valence-corrected chi connectivity index (χ0v) is 7.98. The van der Waals surface area contributed by atoms with Gasteiger partial charge in [0.25, 0.3) is 0 Å². The molecule has 0 saturated carbocycles. The van der Waals surface area contributed by atoms with Crippen LogP contribution in [0.4, 0.5) is 0 Å². The van der Waals surface area contributed by atoms with Crippen molar-refractivity contribution in [3.05, 3.63) is 39.4 Å². The lowest BCUT2D eigenvalue weighted by atomic mass is 10.0. The lowest BCUT2D eigenvalue weighted by Crippen LogP contribution is -1.87. The standard InChI is InChI=1S/C10H9Br/c1-7-5-6-10(11)9-4-2-3-8(7)9/h2,4-6H,3H2,1H3. The van der Waals surface area contributed by atoms with Crippen LogP contribution in [0.2, 0.25) is 0 Å². The topological polar surface area (TPSA) is 0 Å². The minimum absolute atomic E-state index is 1.10. The monoisotopic (exact) mass is 208 g/mol. The number of fused-ring (bicyclic) bond motifs is 1. The largest absolute Gasteiger partial charge is 0.0795 e. The van der Waals surface area contributed by atoms with Crippen LogP contribution in [0.1, 0.15) is 16.7 Å². The van der Waals surface area contributed by atoms with Crippen molar-refractivity contribution in [2.24, 2.45) is 0 Å². The van der Waals surface area contributed by atoms with Crippen molar-refractivity contribution in [1.29, 1.82) is 0 Å². The van der Waals surface area contributed by atoms with Crippen molar-refractivity contribution in [2.45, 2.75) is 13.3 Å². The molecule has 0 aromatic heterocycles. The van der Waals surface area contributed by atoms with Gasteiger partial charge in [-0.15, -0.1) is 0 Å². The van der Waals surface area contributed by atoms with E-state index in [2.05, 4.69) is 47.1 Å². The van der Waals surface area contributed by atoms with E-state index in [0.717, 1.165) is 6.42 Å². The predicted octanol–water partition coefficient (Wildman–Crippen LogP) is 3.33. The lowest BCUT2D eigenvalue weighted by Gasteiger charge is -2.04. The van der Waals surface area contributed by atoms with Crippen molar-refractivity contribution >= 4 is 22.0 Å². The molecule has 0 amide bonds. The van der Waals surface area contributed by atoms with Crippen LogP contribution in [0.3, 0.4) is 0 Å². The summed E-state index contributed by atoms with van der Waals surface area (Å²) in [6, 6.07) is 4.28. The molecule has 1 aliphatic rings. The summed E-state index contributed by atoms with van der Waals surface area (Å²) in [5.41, 5.74) is 4.23. The molecule has 1 aromatic rings. The van der Waals surface area contributed by atoms with Gasteiger partial charge in [-0.05, 0) is 36.1 Å². The molecule has 0 nitrogen and oxygen atoms in total. The Kier molecular flexibility index (Phi) is 1.61. The Bertz CT molecular complexity index is 324. The Balaban J connectivity index is 2.71. The first-order valence-corrected chi connectivity index (χ1v) is 4.53. The summed E-state index contributed by atoms with van der Waals surface area (Å²) in [4.78, 5) is 0. The molecule has 0 unspecified atom stereocenters. The first kappa shape index (κ1) is 7.11. The van der Waals surface area contributed by atoms with Gasteiger partial charge >= 0.3 is 0 Å². The van der Waals surface area contributed by atoms with Crippen molar-refractivity contribution < 1.29 is 0 Å². The minimum Gasteiger partial charge on any atom is -0.0795 e. The fourth-order valence-corrected chi connectivity index (χ4v) is 1.99. The first-order chi connectivity index (χ1) is 5.29. The van der Waals surface area contributed by atoms with Crippen molar-refractivity contribution in [3.63, 3.8) is 0 Å². The second-order valence-electron chi connectivity index (χ2n) is 2.86. The number of halogens is 1. The summed E-state index contributed by atoms with van der Waals surface area (Å²) in [6.07, 6.45) is 5.50. The van der Waals surface area contributed by atoms with E-state index in [-0.39, 0.29) is 0 Å². The van der Waals surface area contributed by atoms with Crippen LogP contribution in [0.15, 0.2) is 22.7 Å². The molecule has 1 aromatic carbocycles. The summed E-state index contributed by atoms with van der Waals surface area (Å²) < 4.78 is 1.21. The molecule has 1 heteroatoms. The third-order valence-corrected chi connectivity index (χ3v) is 2.84. The average molecular weight is 209 g/mol. The van der Waals surface area contributed by atoms with Gasteiger partial charge in [-0.25, -0.2) is 0 Å². The molecule has 0 radical (unpaired) electrons. The molecule has 2 rings (SSSR count). The molecule has 0 N–H and O–H groups in total. The molecular weight excluding hydrogens is 200 g/mol. The quantitative estimate of drug-likeness (QED) is 0.614. The molecule has 11 heavy (non-hydrogen) atoms. The molecule has 0 heterocycles. The van der Waals surface area contributed by atoms with Gasteiger partial charge in [-0.2, -0.15) is 0 Å². The maximum atomic E-state index is 3.53. The average Bonchev–Trinajstić information content (AvgIpc) is 2.45. The van der Waals surface area contributed by atoms with Gasteiger partial charge in [0.15, 0.2) is 0 Å². The Morgan fingerprint density at radius 1 is 1.36 bits per heavy atom. The SMILES string of the molecule is Cc1ccc(Br)c2c1CC=C2. The van der Waals surface area contributed by atoms with Gasteiger partial charge in [0.1, 0.15) is 0 Å². The number of allylic oxidation sites excluding steroid dienone is 1. The third-order valence-electron chi connectivity index (χ3n) is 2.14. The summed E-state index contributed by atoms with van der Waals surface area (Å²) in [6.45, 7) is 2.16. The summed E-state index contributed by atoms with van der Waals surface area (Å²) in [5, 5.41) is 0. The number of rotatable bonds is 0. The summed E-state index contributed by atoms with van der Waals surface area (Å²) in [5.74, 6) is 0. The zero-order valence-electron chi connectivity index (χ0n) is 6.39. The maximum absolute atomic E-state index is 3.53. The molecule has 0 aliphatic heterocycles. The van der Waals surface area contributed by atoms with Crippen LogP contribution in [0.25, 0.3) is 6.08 Å². The highest BCUT2D eigenvalue weighted by Gasteiger charge is 2.09. The lowest BCUT2D eigenvalue weighted by molar-refractivity contribution is 1.23. The highest BCUT2D eigenvalue weighted by atomic mass is 79.9. The normalized spacial score (nSPS) is 13.6. The van der Waals surface area contributed by atoms with E-state index < -0.39 is 0 Å². The second kappa shape index (κ2) is 2.49. The molecule has 0 spiro atoms. The van der Waals surface area contributed by atoms with E-state index >= 15 is 0 Å². The van der Waals surface area contributed by atoms with E-state index in [9.17, 15) is 0 Å². The number of hydrogen-bond acceptors (Lipinski definition) is 0. The number of aryl methyl sites for hydroxylation is 1. The molecule has 56 valence electrons. The van der Waals surface area contributed by atoms with Gasteiger partial charge in [0.2, 0.25) is 0 Å². The molecule has 0 saturated heterocycles. The molecule has 0 fully saturated rings. The van der Waals surface area contributed by atoms with Crippen LogP contribution >= 0.6 is 15.9 Å². The summed E-state index contributed by atoms with van der Waals surface area (Å²) >= 11 is 3.53. The van der Waals surface area contributed by atoms with E-state index in [1.807, 2.05) is 0 Å². The highest BCUT2D eigenvalue weighted by Crippen LogP contribution is 2.29. The summed E-state index contributed by atoms with van der Waals surface area (Å²) in [7, 11) is 0. The van der Waals surface area contributed by atoms with Gasteiger partial charge in [-0.1, -0.05) is 34.1 Å². The Morgan fingerprint density at radius 2 is 2.18 bits per heavy atom. The van der Waals surface area contributed by atoms with Crippen molar-refractivity contribution in [3.8, 4) is 0 Å². The van der Waals surface area contributed by atoms with E-state index in [1.165, 1.54) is 21.2 Å². The van der Waals surface area contributed by atoms with Crippen molar-refractivity contribution in [2.75, 3.05) is 0 Å². The van der Waals surface area contributed by atoms with E-state index in [0.29, 0.717) is 0 Å². The van der Waals surface area contributed by atoms with E-state index in [1.54, 1.807) is 0 Å². The third kappa shape index (κ3) is 1.04. The molecule has 0 atom stereocenters. The Hall–Kier alpha value is -0.560. The molecule has 1 aliphatic carbocycles. The van der Waals surface area contributed by atoms with Crippen LogP contribution in [-0.2, 0) is 6.42 Å². The van der Waals surface area contributed by atoms with Crippen LogP contribution < -0.4 is 0 Å². The maximum Gasteiger partial charge on any atom is 0.0250 e. The predicted molar refractivity (Wildman–Crippen MR) is 51.6 cm³/mol. The first-order valence-electron chi connectivity index (χ1n) is 3.73. The smallest absolute Gasteiger partial charge is 0.0250 e. The highest BCUT2D eigenvalue weighted by molar-refractivity contribution is 9.10. The van der Waals surface area contributed by atoms with Gasteiger partial charge in [0.05, 0.1) is 0 Å². The van der Waals surface area contributed by atoms with Gasteiger partial charge in [0, 0.05) is 4.47 Å².